The maximum Gasteiger partial charge on any atom is 0.128 e. The van der Waals surface area contributed by atoms with Gasteiger partial charge in [-0.3, -0.25) is 0 Å². The van der Waals surface area contributed by atoms with Crippen LogP contribution in [0, 0.1) is 5.82 Å². The van der Waals surface area contributed by atoms with Gasteiger partial charge in [0.05, 0.1) is 6.21 Å². The number of nitrogens with zero attached hydrogens (tertiary/aromatic N) is 1. The largest absolute Gasteiger partial charge is 0.488 e. The van der Waals surface area contributed by atoms with Crippen molar-refractivity contribution in [3.05, 3.63) is 65.5 Å². The minimum absolute atomic E-state index is 0.258. The summed E-state index contributed by atoms with van der Waals surface area (Å²) in [4.78, 5) is 0. The summed E-state index contributed by atoms with van der Waals surface area (Å²) in [5.41, 5.74) is 1.40. The van der Waals surface area contributed by atoms with Crippen molar-refractivity contribution in [3.63, 3.8) is 0 Å². The number of benzene rings is 2. The molecule has 0 fully saturated rings. The molecular weight excluding hydrogens is 233 g/mol. The molecular formula is C14H12FNO2. The van der Waals surface area contributed by atoms with E-state index >= 15 is 0 Å². The molecule has 0 bridgehead atoms. The third-order valence-electron chi connectivity index (χ3n) is 2.40. The molecule has 2 aromatic rings. The lowest BCUT2D eigenvalue weighted by Gasteiger charge is -2.08. The fourth-order valence-electron chi connectivity index (χ4n) is 1.57. The van der Waals surface area contributed by atoms with Crippen LogP contribution in [0.3, 0.4) is 0 Å². The average Bonchev–Trinajstić information content (AvgIpc) is 2.38. The van der Waals surface area contributed by atoms with Crippen LogP contribution in [0.25, 0.3) is 0 Å². The number of ether oxygens (including phenoxy) is 1. The van der Waals surface area contributed by atoms with Crippen molar-refractivity contribution in [1.82, 2.24) is 0 Å². The van der Waals surface area contributed by atoms with E-state index in [0.29, 0.717) is 11.3 Å². The standard InChI is InChI=1S/C14H12FNO2/c15-13-6-3-4-11(8-13)10-18-14-7-2-1-5-12(14)9-16-17/h1-9,17H,10H2. The molecule has 2 aromatic carbocycles. The fourth-order valence-corrected chi connectivity index (χ4v) is 1.57. The molecule has 0 amide bonds. The zero-order valence-electron chi connectivity index (χ0n) is 9.58. The first-order valence-electron chi connectivity index (χ1n) is 5.43. The summed E-state index contributed by atoms with van der Waals surface area (Å²) in [5, 5.41) is 11.5. The van der Waals surface area contributed by atoms with Crippen molar-refractivity contribution in [3.8, 4) is 5.75 Å². The van der Waals surface area contributed by atoms with Crippen LogP contribution in [0.2, 0.25) is 0 Å². The van der Waals surface area contributed by atoms with Gasteiger partial charge in [-0.25, -0.2) is 4.39 Å². The molecule has 0 unspecified atom stereocenters. The topological polar surface area (TPSA) is 41.8 Å². The van der Waals surface area contributed by atoms with E-state index in [1.165, 1.54) is 18.3 Å². The van der Waals surface area contributed by atoms with Crippen molar-refractivity contribution in [1.29, 1.82) is 0 Å². The summed E-state index contributed by atoms with van der Waals surface area (Å²) >= 11 is 0. The first-order valence-corrected chi connectivity index (χ1v) is 5.43. The Morgan fingerprint density at radius 1 is 1.17 bits per heavy atom. The van der Waals surface area contributed by atoms with Crippen molar-refractivity contribution < 1.29 is 14.3 Å². The van der Waals surface area contributed by atoms with Gasteiger partial charge in [-0.1, -0.05) is 29.4 Å². The van der Waals surface area contributed by atoms with Crippen LogP contribution < -0.4 is 4.74 Å². The minimum Gasteiger partial charge on any atom is -0.488 e. The predicted octanol–water partition coefficient (Wildman–Crippen LogP) is 3.21. The lowest BCUT2D eigenvalue weighted by molar-refractivity contribution is 0.303. The van der Waals surface area contributed by atoms with Crippen LogP contribution in [0.4, 0.5) is 4.39 Å². The van der Waals surface area contributed by atoms with Crippen molar-refractivity contribution >= 4 is 6.21 Å². The highest BCUT2D eigenvalue weighted by molar-refractivity contribution is 5.82. The molecule has 1 N–H and O–H groups in total. The summed E-state index contributed by atoms with van der Waals surface area (Å²) < 4.78 is 18.5. The van der Waals surface area contributed by atoms with Gasteiger partial charge in [0.15, 0.2) is 0 Å². The summed E-state index contributed by atoms with van der Waals surface area (Å²) in [6.45, 7) is 0.258. The molecule has 4 heteroatoms. The van der Waals surface area contributed by atoms with Crippen LogP contribution >= 0.6 is 0 Å². The molecule has 0 saturated carbocycles. The SMILES string of the molecule is ON=Cc1ccccc1OCc1cccc(F)c1. The number of oxime groups is 1. The molecule has 0 aliphatic rings. The molecule has 0 radical (unpaired) electrons. The Morgan fingerprint density at radius 2 is 2.00 bits per heavy atom. The Morgan fingerprint density at radius 3 is 2.78 bits per heavy atom. The van der Waals surface area contributed by atoms with E-state index in [1.807, 2.05) is 12.1 Å². The molecule has 0 aromatic heterocycles. The molecule has 3 nitrogen and oxygen atoms in total. The van der Waals surface area contributed by atoms with E-state index < -0.39 is 0 Å². The first kappa shape index (κ1) is 12.1. The van der Waals surface area contributed by atoms with Gasteiger partial charge in [-0.15, -0.1) is 0 Å². The van der Waals surface area contributed by atoms with Gasteiger partial charge >= 0.3 is 0 Å². The average molecular weight is 245 g/mol. The molecule has 0 aliphatic heterocycles. The van der Waals surface area contributed by atoms with Gasteiger partial charge in [0.25, 0.3) is 0 Å². The highest BCUT2D eigenvalue weighted by Crippen LogP contribution is 2.17. The summed E-state index contributed by atoms with van der Waals surface area (Å²) in [7, 11) is 0. The Labute approximate surface area is 104 Å². The number of halogens is 1. The number of rotatable bonds is 4. The van der Waals surface area contributed by atoms with Gasteiger partial charge < -0.3 is 9.94 Å². The normalized spacial score (nSPS) is 10.7. The van der Waals surface area contributed by atoms with Gasteiger partial charge in [0.1, 0.15) is 18.2 Å². The van der Waals surface area contributed by atoms with E-state index in [1.54, 1.807) is 24.3 Å². The monoisotopic (exact) mass is 245 g/mol. The third-order valence-corrected chi connectivity index (χ3v) is 2.40. The van der Waals surface area contributed by atoms with Crippen LogP contribution in [-0.4, -0.2) is 11.4 Å². The second kappa shape index (κ2) is 5.82. The van der Waals surface area contributed by atoms with Crippen LogP contribution in [0.1, 0.15) is 11.1 Å². The summed E-state index contributed by atoms with van der Waals surface area (Å²) in [5.74, 6) is 0.292. The molecule has 0 aliphatic carbocycles. The highest BCUT2D eigenvalue weighted by atomic mass is 19.1. The predicted molar refractivity (Wildman–Crippen MR) is 66.6 cm³/mol. The minimum atomic E-state index is -0.290. The smallest absolute Gasteiger partial charge is 0.128 e. The van der Waals surface area contributed by atoms with Gasteiger partial charge in [0.2, 0.25) is 0 Å². The third kappa shape index (κ3) is 3.07. The quantitative estimate of drug-likeness (QED) is 0.510. The number of para-hydroxylation sites is 1. The van der Waals surface area contributed by atoms with Crippen molar-refractivity contribution in [2.75, 3.05) is 0 Å². The molecule has 0 spiro atoms. The zero-order valence-corrected chi connectivity index (χ0v) is 9.58. The molecule has 0 heterocycles. The van der Waals surface area contributed by atoms with E-state index in [2.05, 4.69) is 5.16 Å². The van der Waals surface area contributed by atoms with Crippen LogP contribution in [0.5, 0.6) is 5.75 Å². The number of hydrogen-bond donors (Lipinski definition) is 1. The second-order valence-electron chi connectivity index (χ2n) is 3.70. The van der Waals surface area contributed by atoms with E-state index in [-0.39, 0.29) is 12.4 Å². The molecule has 18 heavy (non-hydrogen) atoms. The zero-order chi connectivity index (χ0) is 12.8. The summed E-state index contributed by atoms with van der Waals surface area (Å²) in [6, 6.07) is 13.4. The number of hydrogen-bond acceptors (Lipinski definition) is 3. The van der Waals surface area contributed by atoms with Crippen molar-refractivity contribution in [2.45, 2.75) is 6.61 Å². The molecule has 92 valence electrons. The van der Waals surface area contributed by atoms with E-state index in [0.717, 1.165) is 5.56 Å². The van der Waals surface area contributed by atoms with Gasteiger partial charge in [-0.2, -0.15) is 0 Å². The Bertz CT molecular complexity index is 555. The van der Waals surface area contributed by atoms with E-state index in [9.17, 15) is 4.39 Å². The highest BCUT2D eigenvalue weighted by Gasteiger charge is 2.02. The Balaban J connectivity index is 2.10. The fraction of sp³-hybridized carbons (Fsp3) is 0.0714. The van der Waals surface area contributed by atoms with Crippen LogP contribution in [0.15, 0.2) is 53.7 Å². The van der Waals surface area contributed by atoms with Gasteiger partial charge in [0, 0.05) is 5.56 Å². The van der Waals surface area contributed by atoms with Gasteiger partial charge in [-0.05, 0) is 29.8 Å². The maximum absolute atomic E-state index is 13.0. The second-order valence-corrected chi connectivity index (χ2v) is 3.70. The van der Waals surface area contributed by atoms with E-state index in [4.69, 9.17) is 9.94 Å². The van der Waals surface area contributed by atoms with Crippen molar-refractivity contribution in [2.24, 2.45) is 5.16 Å². The molecule has 0 saturated heterocycles. The lowest BCUT2D eigenvalue weighted by atomic mass is 10.2. The maximum atomic E-state index is 13.0. The first-order chi connectivity index (χ1) is 8.79. The Kier molecular flexibility index (Phi) is 3.91. The molecule has 2 rings (SSSR count). The van der Waals surface area contributed by atoms with Crippen LogP contribution in [-0.2, 0) is 6.61 Å². The Hall–Kier alpha value is -2.36. The molecule has 0 atom stereocenters. The lowest BCUT2D eigenvalue weighted by Crippen LogP contribution is -1.98. The summed E-state index contributed by atoms with van der Waals surface area (Å²) in [6.07, 6.45) is 1.29.